The van der Waals surface area contributed by atoms with Crippen LogP contribution in [0.25, 0.3) is 0 Å². The van der Waals surface area contributed by atoms with Gasteiger partial charge in [0.25, 0.3) is 0 Å². The quantitative estimate of drug-likeness (QED) is 0.665. The van der Waals surface area contributed by atoms with E-state index >= 15 is 0 Å². The van der Waals surface area contributed by atoms with Crippen LogP contribution in [0.5, 0.6) is 0 Å². The molecule has 1 aliphatic heterocycles. The standard InChI is InChI=1S/C23H28ClN5O/c1-29(2)22(30)26-18-10-12-23(13-11-18)21(25-15-16-6-5-7-17(24)14-16)27-19-8-3-4-9-20(19)28-23/h3-9,14,18,28H,10-13,15H2,1-2H3,(H,25,27)(H,26,30). The number of urea groups is 1. The highest BCUT2D eigenvalue weighted by molar-refractivity contribution is 6.30. The maximum absolute atomic E-state index is 12.0. The number of anilines is 2. The fourth-order valence-corrected chi connectivity index (χ4v) is 4.40. The van der Waals surface area contributed by atoms with Gasteiger partial charge in [-0.3, -0.25) is 4.99 Å². The molecule has 1 saturated carbocycles. The van der Waals surface area contributed by atoms with Crippen molar-refractivity contribution in [2.45, 2.75) is 43.8 Å². The normalized spacial score (nSPS) is 24.0. The molecule has 0 saturated heterocycles. The Morgan fingerprint density at radius 1 is 1.17 bits per heavy atom. The second-order valence-electron chi connectivity index (χ2n) is 8.29. The average molecular weight is 426 g/mol. The zero-order valence-corrected chi connectivity index (χ0v) is 18.2. The topological polar surface area (TPSA) is 68.8 Å². The summed E-state index contributed by atoms with van der Waals surface area (Å²) in [5, 5.41) is 11.2. The van der Waals surface area contributed by atoms with E-state index in [1.807, 2.05) is 36.4 Å². The summed E-state index contributed by atoms with van der Waals surface area (Å²) >= 11 is 6.14. The van der Waals surface area contributed by atoms with Crippen molar-refractivity contribution in [2.75, 3.05) is 24.7 Å². The van der Waals surface area contributed by atoms with E-state index in [0.29, 0.717) is 6.54 Å². The molecule has 7 heteroatoms. The Hall–Kier alpha value is -2.73. The van der Waals surface area contributed by atoms with Crippen molar-refractivity contribution in [1.82, 2.24) is 10.2 Å². The summed E-state index contributed by atoms with van der Waals surface area (Å²) in [5.41, 5.74) is 2.95. The van der Waals surface area contributed by atoms with E-state index < -0.39 is 0 Å². The van der Waals surface area contributed by atoms with Crippen LogP contribution >= 0.6 is 11.6 Å². The maximum atomic E-state index is 12.0. The van der Waals surface area contributed by atoms with Gasteiger partial charge in [0.15, 0.2) is 0 Å². The van der Waals surface area contributed by atoms with Crippen LogP contribution in [0.2, 0.25) is 5.02 Å². The summed E-state index contributed by atoms with van der Waals surface area (Å²) in [5.74, 6) is 0.957. The van der Waals surface area contributed by atoms with Gasteiger partial charge in [0, 0.05) is 25.2 Å². The minimum Gasteiger partial charge on any atom is -0.371 e. The number of nitrogens with one attached hydrogen (secondary N) is 3. The second kappa shape index (κ2) is 8.56. The predicted octanol–water partition coefficient (Wildman–Crippen LogP) is 4.73. The van der Waals surface area contributed by atoms with Crippen molar-refractivity contribution >= 4 is 34.8 Å². The number of amidine groups is 1. The Labute approximate surface area is 182 Å². The molecular formula is C23H28ClN5O. The molecule has 0 unspecified atom stereocenters. The smallest absolute Gasteiger partial charge is 0.317 e. The van der Waals surface area contributed by atoms with E-state index in [9.17, 15) is 4.79 Å². The number of hydrogen-bond acceptors (Lipinski definition) is 3. The van der Waals surface area contributed by atoms with Gasteiger partial charge in [0.1, 0.15) is 5.84 Å². The number of hydrogen-bond donors (Lipinski definition) is 3. The number of carbonyl (C=O) groups is 1. The first-order chi connectivity index (χ1) is 14.4. The van der Waals surface area contributed by atoms with Crippen molar-refractivity contribution in [2.24, 2.45) is 4.99 Å². The summed E-state index contributed by atoms with van der Waals surface area (Å²) in [6, 6.07) is 16.2. The minimum atomic E-state index is -0.258. The van der Waals surface area contributed by atoms with Gasteiger partial charge in [-0.05, 0) is 55.5 Å². The molecule has 0 bridgehead atoms. The van der Waals surface area contributed by atoms with E-state index in [2.05, 4.69) is 28.1 Å². The van der Waals surface area contributed by atoms with E-state index in [1.54, 1.807) is 19.0 Å². The average Bonchev–Trinajstić information content (AvgIpc) is 2.74. The Morgan fingerprint density at radius 3 is 2.60 bits per heavy atom. The number of benzene rings is 2. The highest BCUT2D eigenvalue weighted by atomic mass is 35.5. The first kappa shape index (κ1) is 20.5. The van der Waals surface area contributed by atoms with Gasteiger partial charge in [-0.25, -0.2) is 4.79 Å². The second-order valence-corrected chi connectivity index (χ2v) is 8.73. The van der Waals surface area contributed by atoms with Crippen molar-refractivity contribution in [3.8, 4) is 0 Å². The fraction of sp³-hybridized carbons (Fsp3) is 0.391. The molecule has 1 spiro atoms. The van der Waals surface area contributed by atoms with Crippen LogP contribution in [0.4, 0.5) is 16.2 Å². The minimum absolute atomic E-state index is 0.0362. The zero-order valence-electron chi connectivity index (χ0n) is 17.4. The largest absolute Gasteiger partial charge is 0.371 e. The van der Waals surface area contributed by atoms with Crippen LogP contribution in [0.15, 0.2) is 53.5 Å². The molecule has 3 N–H and O–H groups in total. The molecule has 2 aromatic rings. The summed E-state index contributed by atoms with van der Waals surface area (Å²) < 4.78 is 0. The van der Waals surface area contributed by atoms with E-state index in [0.717, 1.165) is 53.5 Å². The van der Waals surface area contributed by atoms with E-state index in [-0.39, 0.29) is 17.6 Å². The van der Waals surface area contributed by atoms with Crippen LogP contribution < -0.4 is 16.0 Å². The van der Waals surface area contributed by atoms with Crippen molar-refractivity contribution in [3.05, 3.63) is 59.1 Å². The molecule has 1 heterocycles. The SMILES string of the molecule is CN(C)C(=O)NC1CCC2(CC1)Nc1ccccc1NC2=NCc1cccc(Cl)c1. The zero-order chi connectivity index (χ0) is 21.1. The summed E-state index contributed by atoms with van der Waals surface area (Å²) in [6.45, 7) is 0.565. The van der Waals surface area contributed by atoms with Crippen LogP contribution in [0, 0.1) is 0 Å². The third-order valence-electron chi connectivity index (χ3n) is 5.89. The molecule has 0 radical (unpaired) electrons. The molecule has 30 heavy (non-hydrogen) atoms. The van der Waals surface area contributed by atoms with Gasteiger partial charge >= 0.3 is 6.03 Å². The molecule has 1 fully saturated rings. The molecule has 2 aliphatic rings. The van der Waals surface area contributed by atoms with Gasteiger partial charge < -0.3 is 20.9 Å². The molecular weight excluding hydrogens is 398 g/mol. The molecule has 0 atom stereocenters. The van der Waals surface area contributed by atoms with Crippen LogP contribution in [0.1, 0.15) is 31.2 Å². The monoisotopic (exact) mass is 425 g/mol. The lowest BCUT2D eigenvalue weighted by molar-refractivity contribution is 0.206. The van der Waals surface area contributed by atoms with Crippen LogP contribution in [0.3, 0.4) is 0 Å². The Balaban J connectivity index is 1.56. The lowest BCUT2D eigenvalue weighted by atomic mass is 9.77. The molecule has 4 rings (SSSR count). The number of aliphatic imine (C=N–C) groups is 1. The number of carbonyl (C=O) groups excluding carboxylic acids is 1. The van der Waals surface area contributed by atoms with Crippen molar-refractivity contribution < 1.29 is 4.79 Å². The van der Waals surface area contributed by atoms with Gasteiger partial charge in [-0.2, -0.15) is 0 Å². The van der Waals surface area contributed by atoms with Crippen LogP contribution in [-0.4, -0.2) is 42.4 Å². The summed E-state index contributed by atoms with van der Waals surface area (Å²) in [7, 11) is 3.54. The third kappa shape index (κ3) is 4.38. The highest BCUT2D eigenvalue weighted by Gasteiger charge is 2.43. The Kier molecular flexibility index (Phi) is 5.86. The Bertz CT molecular complexity index is 950. The molecule has 1 aliphatic carbocycles. The number of fused-ring (bicyclic) bond motifs is 1. The van der Waals surface area contributed by atoms with Gasteiger partial charge in [0.05, 0.1) is 23.5 Å². The first-order valence-corrected chi connectivity index (χ1v) is 10.7. The molecule has 0 aromatic heterocycles. The van der Waals surface area contributed by atoms with Crippen LogP contribution in [-0.2, 0) is 6.54 Å². The molecule has 2 amide bonds. The number of para-hydroxylation sites is 2. The maximum Gasteiger partial charge on any atom is 0.317 e. The number of nitrogens with zero attached hydrogens (tertiary/aromatic N) is 2. The first-order valence-electron chi connectivity index (χ1n) is 10.4. The van der Waals surface area contributed by atoms with E-state index in [1.165, 1.54) is 0 Å². The van der Waals surface area contributed by atoms with Crippen molar-refractivity contribution in [1.29, 1.82) is 0 Å². The number of amides is 2. The lowest BCUT2D eigenvalue weighted by Crippen LogP contribution is -2.57. The van der Waals surface area contributed by atoms with Gasteiger partial charge in [0.2, 0.25) is 0 Å². The molecule has 2 aromatic carbocycles. The van der Waals surface area contributed by atoms with Gasteiger partial charge in [-0.15, -0.1) is 0 Å². The summed E-state index contributed by atoms with van der Waals surface area (Å²) in [6.07, 6.45) is 3.57. The van der Waals surface area contributed by atoms with Gasteiger partial charge in [-0.1, -0.05) is 35.9 Å². The van der Waals surface area contributed by atoms with Crippen molar-refractivity contribution in [3.63, 3.8) is 0 Å². The number of rotatable bonds is 3. The number of halogens is 1. The molecule has 6 nitrogen and oxygen atoms in total. The molecule has 158 valence electrons. The predicted molar refractivity (Wildman–Crippen MR) is 123 cm³/mol. The third-order valence-corrected chi connectivity index (χ3v) is 6.12. The Morgan fingerprint density at radius 2 is 1.90 bits per heavy atom. The fourth-order valence-electron chi connectivity index (χ4n) is 4.18. The van der Waals surface area contributed by atoms with E-state index in [4.69, 9.17) is 16.6 Å². The highest BCUT2D eigenvalue weighted by Crippen LogP contribution is 2.39. The summed E-state index contributed by atoms with van der Waals surface area (Å²) in [4.78, 5) is 18.6. The lowest BCUT2D eigenvalue weighted by Gasteiger charge is -2.45.